The van der Waals surface area contributed by atoms with Gasteiger partial charge in [-0.15, -0.1) is 12.4 Å². The van der Waals surface area contributed by atoms with Crippen LogP contribution in [0.25, 0.3) is 0 Å². The van der Waals surface area contributed by atoms with E-state index in [-0.39, 0.29) is 12.4 Å². The van der Waals surface area contributed by atoms with Crippen LogP contribution in [0, 0.1) is 0 Å². The summed E-state index contributed by atoms with van der Waals surface area (Å²) in [6.07, 6.45) is 2.13. The highest BCUT2D eigenvalue weighted by Gasteiger charge is 2.12. The smallest absolute Gasteiger partial charge is 0.0562 e. The Hall–Kier alpha value is -0.770. The molecule has 1 aliphatic heterocycles. The molecule has 0 bridgehead atoms. The fourth-order valence-electron chi connectivity index (χ4n) is 1.91. The predicted octanol–water partition coefficient (Wildman–Crippen LogP) is 3.65. The molecule has 1 N–H and O–H groups in total. The average molecular weight is 288 g/mol. The Labute approximate surface area is 120 Å². The van der Waals surface area contributed by atoms with Crippen molar-refractivity contribution in [3.05, 3.63) is 29.3 Å². The van der Waals surface area contributed by atoms with E-state index in [9.17, 15) is 0 Å². The van der Waals surface area contributed by atoms with Crippen LogP contribution in [0.4, 0.5) is 5.69 Å². The molecule has 18 heavy (non-hydrogen) atoms. The van der Waals surface area contributed by atoms with Gasteiger partial charge in [-0.05, 0) is 30.8 Å². The number of nitrogens with one attached hydrogen (secondary N) is 1. The van der Waals surface area contributed by atoms with E-state index < -0.39 is 0 Å². The van der Waals surface area contributed by atoms with Crippen molar-refractivity contribution < 1.29 is 0 Å². The number of hydrogen-bond donors (Lipinski definition) is 1. The Morgan fingerprint density at radius 2 is 1.83 bits per heavy atom. The number of hydrogen-bond acceptors (Lipinski definition) is 3. The fourth-order valence-corrected chi connectivity index (χ4v) is 2.03. The number of halogens is 2. The molecule has 0 unspecified atom stereocenters. The maximum Gasteiger partial charge on any atom is 0.0562 e. The molecule has 1 aromatic carbocycles. The van der Waals surface area contributed by atoms with E-state index >= 15 is 0 Å². The number of anilines is 1. The van der Waals surface area contributed by atoms with Gasteiger partial charge in [0.1, 0.15) is 0 Å². The topological polar surface area (TPSA) is 27.6 Å². The molecular weight excluding hydrogens is 269 g/mol. The van der Waals surface area contributed by atoms with Crippen LogP contribution in [0.2, 0.25) is 5.02 Å². The first kappa shape index (κ1) is 15.3. The molecule has 0 spiro atoms. The summed E-state index contributed by atoms with van der Waals surface area (Å²) in [6.45, 7) is 5.58. The van der Waals surface area contributed by atoms with Gasteiger partial charge in [-0.2, -0.15) is 5.10 Å². The average Bonchev–Trinajstić information content (AvgIpc) is 2.39. The van der Waals surface area contributed by atoms with Crippen molar-refractivity contribution >= 4 is 35.4 Å². The highest BCUT2D eigenvalue weighted by Crippen LogP contribution is 2.14. The van der Waals surface area contributed by atoms with Gasteiger partial charge in [0.05, 0.1) is 5.69 Å². The summed E-state index contributed by atoms with van der Waals surface area (Å²) in [5.74, 6) is 0. The lowest BCUT2D eigenvalue weighted by Gasteiger charge is -2.25. The fraction of sp³-hybridized carbons (Fsp3) is 0.462. The summed E-state index contributed by atoms with van der Waals surface area (Å²) in [6, 6.07) is 7.61. The molecule has 0 radical (unpaired) electrons. The van der Waals surface area contributed by atoms with Gasteiger partial charge in [0, 0.05) is 36.7 Å². The molecule has 0 aromatic heterocycles. The van der Waals surface area contributed by atoms with E-state index in [2.05, 4.69) is 22.4 Å². The Kier molecular flexibility index (Phi) is 6.47. The third-order valence-corrected chi connectivity index (χ3v) is 3.32. The molecule has 0 saturated carbocycles. The SMILES string of the molecule is CCN1CCC(=NNc2ccc(Cl)cc2)CC1.Cl. The Morgan fingerprint density at radius 1 is 1.22 bits per heavy atom. The van der Waals surface area contributed by atoms with Gasteiger partial charge in [0.2, 0.25) is 0 Å². The van der Waals surface area contributed by atoms with E-state index in [4.69, 9.17) is 11.6 Å². The van der Waals surface area contributed by atoms with Crippen LogP contribution in [0.5, 0.6) is 0 Å². The lowest BCUT2D eigenvalue weighted by Crippen LogP contribution is -2.33. The van der Waals surface area contributed by atoms with Crippen LogP contribution in [0.15, 0.2) is 29.4 Å². The van der Waals surface area contributed by atoms with E-state index in [0.717, 1.165) is 43.2 Å². The molecule has 1 aromatic rings. The second kappa shape index (κ2) is 7.62. The first-order chi connectivity index (χ1) is 8.28. The summed E-state index contributed by atoms with van der Waals surface area (Å²) in [5, 5.41) is 5.20. The zero-order valence-corrected chi connectivity index (χ0v) is 12.1. The van der Waals surface area contributed by atoms with Crippen molar-refractivity contribution in [2.24, 2.45) is 5.10 Å². The molecule has 2 rings (SSSR count). The van der Waals surface area contributed by atoms with Gasteiger partial charge in [0.25, 0.3) is 0 Å². The highest BCUT2D eigenvalue weighted by atomic mass is 35.5. The number of hydrazone groups is 1. The van der Waals surface area contributed by atoms with Crippen LogP contribution < -0.4 is 5.43 Å². The summed E-state index contributed by atoms with van der Waals surface area (Å²) in [4.78, 5) is 2.45. The van der Waals surface area contributed by atoms with E-state index in [1.165, 1.54) is 5.71 Å². The van der Waals surface area contributed by atoms with Gasteiger partial charge in [-0.25, -0.2) is 0 Å². The lowest BCUT2D eigenvalue weighted by molar-refractivity contribution is 0.289. The van der Waals surface area contributed by atoms with Crippen LogP contribution >= 0.6 is 24.0 Å². The van der Waals surface area contributed by atoms with Gasteiger partial charge in [-0.1, -0.05) is 18.5 Å². The van der Waals surface area contributed by atoms with Gasteiger partial charge < -0.3 is 4.90 Å². The largest absolute Gasteiger partial charge is 0.303 e. The molecule has 3 nitrogen and oxygen atoms in total. The number of nitrogens with zero attached hydrogens (tertiary/aromatic N) is 2. The number of rotatable bonds is 3. The van der Waals surface area contributed by atoms with Crippen LogP contribution in [0.1, 0.15) is 19.8 Å². The Bertz CT molecular complexity index is 380. The Morgan fingerprint density at radius 3 is 2.39 bits per heavy atom. The zero-order valence-electron chi connectivity index (χ0n) is 10.5. The minimum atomic E-state index is 0. The predicted molar refractivity (Wildman–Crippen MR) is 81.1 cm³/mol. The summed E-state index contributed by atoms with van der Waals surface area (Å²) < 4.78 is 0. The van der Waals surface area contributed by atoms with Crippen LogP contribution in [0.3, 0.4) is 0 Å². The van der Waals surface area contributed by atoms with E-state index in [1.54, 1.807) is 0 Å². The zero-order chi connectivity index (χ0) is 12.1. The third kappa shape index (κ3) is 4.48. The minimum absolute atomic E-state index is 0. The maximum absolute atomic E-state index is 5.82. The summed E-state index contributed by atoms with van der Waals surface area (Å²) in [7, 11) is 0. The molecule has 1 saturated heterocycles. The number of benzene rings is 1. The van der Waals surface area contributed by atoms with E-state index in [0.29, 0.717) is 0 Å². The van der Waals surface area contributed by atoms with Crippen molar-refractivity contribution in [1.82, 2.24) is 4.90 Å². The highest BCUT2D eigenvalue weighted by molar-refractivity contribution is 6.30. The van der Waals surface area contributed by atoms with Gasteiger partial charge in [0.15, 0.2) is 0 Å². The summed E-state index contributed by atoms with van der Waals surface area (Å²) in [5.41, 5.74) is 5.33. The molecule has 100 valence electrons. The van der Waals surface area contributed by atoms with Gasteiger partial charge >= 0.3 is 0 Å². The van der Waals surface area contributed by atoms with Crippen molar-refractivity contribution in [2.45, 2.75) is 19.8 Å². The lowest BCUT2D eigenvalue weighted by atomic mass is 10.1. The normalized spacial score (nSPS) is 16.0. The quantitative estimate of drug-likeness (QED) is 0.860. The monoisotopic (exact) mass is 287 g/mol. The standard InChI is InChI=1S/C13H18ClN3.ClH/c1-2-17-9-7-13(8-10-17)16-15-12-5-3-11(14)4-6-12;/h3-6,15H,2,7-10H2,1H3;1H. The molecule has 1 aliphatic rings. The van der Waals surface area contributed by atoms with Crippen molar-refractivity contribution in [2.75, 3.05) is 25.1 Å². The van der Waals surface area contributed by atoms with E-state index in [1.807, 2.05) is 24.3 Å². The minimum Gasteiger partial charge on any atom is -0.303 e. The molecule has 0 amide bonds. The van der Waals surface area contributed by atoms with Crippen molar-refractivity contribution in [1.29, 1.82) is 0 Å². The van der Waals surface area contributed by atoms with Crippen molar-refractivity contribution in [3.63, 3.8) is 0 Å². The first-order valence-electron chi connectivity index (χ1n) is 6.07. The summed E-state index contributed by atoms with van der Waals surface area (Å²) >= 11 is 5.82. The van der Waals surface area contributed by atoms with Crippen LogP contribution in [-0.2, 0) is 0 Å². The first-order valence-corrected chi connectivity index (χ1v) is 6.45. The second-order valence-corrected chi connectivity index (χ2v) is 4.67. The molecule has 5 heteroatoms. The molecule has 0 atom stereocenters. The second-order valence-electron chi connectivity index (χ2n) is 4.23. The van der Waals surface area contributed by atoms with Crippen molar-refractivity contribution in [3.8, 4) is 0 Å². The maximum atomic E-state index is 5.82. The van der Waals surface area contributed by atoms with Gasteiger partial charge in [-0.3, -0.25) is 5.43 Å². The third-order valence-electron chi connectivity index (χ3n) is 3.07. The molecule has 1 fully saturated rings. The molecular formula is C13H19Cl2N3. The molecule has 0 aliphatic carbocycles. The molecule has 1 heterocycles. The van der Waals surface area contributed by atoms with Crippen LogP contribution in [-0.4, -0.2) is 30.2 Å². The number of piperidine rings is 1. The number of likely N-dealkylation sites (tertiary alicyclic amines) is 1. The Balaban J connectivity index is 0.00000162.